The summed E-state index contributed by atoms with van der Waals surface area (Å²) in [6.45, 7) is 3.81. The molecule has 0 aliphatic rings. The van der Waals surface area contributed by atoms with Crippen LogP contribution in [0.4, 0.5) is 11.4 Å². The minimum Gasteiger partial charge on any atom is -0.397 e. The number of benzene rings is 2. The van der Waals surface area contributed by atoms with Crippen LogP contribution in [0.15, 0.2) is 45.8 Å². The molecule has 6 heteroatoms. The van der Waals surface area contributed by atoms with E-state index in [1.807, 2.05) is 13.8 Å². The Morgan fingerprint density at radius 2 is 1.75 bits per heavy atom. The lowest BCUT2D eigenvalue weighted by Gasteiger charge is -2.11. The Morgan fingerprint density at radius 1 is 1.05 bits per heavy atom. The van der Waals surface area contributed by atoms with Crippen LogP contribution < -0.4 is 10.5 Å². The fourth-order valence-corrected chi connectivity index (χ4v) is 3.26. The summed E-state index contributed by atoms with van der Waals surface area (Å²) in [7, 11) is -3.63. The molecule has 0 saturated heterocycles. The van der Waals surface area contributed by atoms with Gasteiger partial charge in [-0.1, -0.05) is 22.0 Å². The smallest absolute Gasteiger partial charge is 0.261 e. The highest BCUT2D eigenvalue weighted by molar-refractivity contribution is 9.10. The zero-order valence-corrected chi connectivity index (χ0v) is 13.5. The Kier molecular flexibility index (Phi) is 4.06. The minimum atomic E-state index is -3.63. The number of sulfonamides is 1. The number of hydrogen-bond donors (Lipinski definition) is 2. The van der Waals surface area contributed by atoms with Crippen LogP contribution in [0.5, 0.6) is 0 Å². The summed E-state index contributed by atoms with van der Waals surface area (Å²) >= 11 is 3.28. The summed E-state index contributed by atoms with van der Waals surface area (Å²) in [5.41, 5.74) is 8.51. The lowest BCUT2D eigenvalue weighted by Crippen LogP contribution is -2.14. The molecule has 20 heavy (non-hydrogen) atoms. The summed E-state index contributed by atoms with van der Waals surface area (Å²) < 4.78 is 27.9. The Labute approximate surface area is 127 Å². The topological polar surface area (TPSA) is 72.2 Å². The van der Waals surface area contributed by atoms with Gasteiger partial charge in [-0.25, -0.2) is 8.42 Å². The number of aryl methyl sites for hydroxylation is 2. The predicted molar refractivity (Wildman–Crippen MR) is 85.3 cm³/mol. The maximum atomic E-state index is 12.3. The van der Waals surface area contributed by atoms with Crippen molar-refractivity contribution in [2.75, 3.05) is 10.5 Å². The van der Waals surface area contributed by atoms with Crippen molar-refractivity contribution in [1.82, 2.24) is 0 Å². The lowest BCUT2D eigenvalue weighted by atomic mass is 10.1. The van der Waals surface area contributed by atoms with E-state index >= 15 is 0 Å². The van der Waals surface area contributed by atoms with Crippen LogP contribution in [-0.4, -0.2) is 8.42 Å². The molecule has 0 bridgehead atoms. The first-order valence-electron chi connectivity index (χ1n) is 5.95. The molecule has 0 fully saturated rings. The molecule has 0 spiro atoms. The van der Waals surface area contributed by atoms with E-state index in [0.717, 1.165) is 15.6 Å². The number of anilines is 2. The number of nitrogens with two attached hydrogens (primary N) is 1. The molecule has 0 amide bonds. The second-order valence-corrected chi connectivity index (χ2v) is 7.18. The maximum Gasteiger partial charge on any atom is 0.261 e. The summed E-state index contributed by atoms with van der Waals surface area (Å²) in [5, 5.41) is 0. The van der Waals surface area contributed by atoms with Crippen LogP contribution in [0.3, 0.4) is 0 Å². The third kappa shape index (κ3) is 3.13. The van der Waals surface area contributed by atoms with E-state index in [4.69, 9.17) is 5.73 Å². The number of nitrogens with one attached hydrogen (secondary N) is 1. The first-order chi connectivity index (χ1) is 9.29. The first-order valence-corrected chi connectivity index (χ1v) is 8.22. The zero-order valence-electron chi connectivity index (χ0n) is 11.1. The third-order valence-electron chi connectivity index (χ3n) is 3.05. The number of nitrogen functional groups attached to an aromatic ring is 1. The van der Waals surface area contributed by atoms with Crippen molar-refractivity contribution >= 4 is 37.3 Å². The molecule has 0 aliphatic carbocycles. The molecule has 2 aromatic rings. The van der Waals surface area contributed by atoms with Gasteiger partial charge in [0.05, 0.1) is 16.3 Å². The minimum absolute atomic E-state index is 0.225. The van der Waals surface area contributed by atoms with Crippen molar-refractivity contribution in [3.63, 3.8) is 0 Å². The van der Waals surface area contributed by atoms with Gasteiger partial charge in [0.25, 0.3) is 10.0 Å². The van der Waals surface area contributed by atoms with E-state index < -0.39 is 10.0 Å². The van der Waals surface area contributed by atoms with Gasteiger partial charge >= 0.3 is 0 Å². The molecule has 0 aliphatic heterocycles. The number of halogens is 1. The van der Waals surface area contributed by atoms with E-state index in [9.17, 15) is 8.42 Å². The van der Waals surface area contributed by atoms with Gasteiger partial charge in [0.2, 0.25) is 0 Å². The molecule has 0 atom stereocenters. The van der Waals surface area contributed by atoms with Crippen LogP contribution >= 0.6 is 15.9 Å². The normalized spacial score (nSPS) is 11.3. The average Bonchev–Trinajstić information content (AvgIpc) is 2.36. The van der Waals surface area contributed by atoms with Crippen molar-refractivity contribution in [3.05, 3.63) is 52.0 Å². The summed E-state index contributed by atoms with van der Waals surface area (Å²) in [6, 6.07) is 10.0. The highest BCUT2D eigenvalue weighted by Crippen LogP contribution is 2.26. The molecule has 0 radical (unpaired) electrons. The Hall–Kier alpha value is -1.53. The molecule has 0 aromatic heterocycles. The third-order valence-corrected chi connectivity index (χ3v) is 4.90. The van der Waals surface area contributed by atoms with Gasteiger partial charge in [-0.2, -0.15) is 0 Å². The van der Waals surface area contributed by atoms with Crippen LogP contribution in [0, 0.1) is 13.8 Å². The summed E-state index contributed by atoms with van der Waals surface area (Å²) in [5.74, 6) is 0. The fraction of sp³-hybridized carbons (Fsp3) is 0.143. The molecule has 0 heterocycles. The standard InChI is InChI=1S/C14H15BrN2O2S/c1-9-3-5-12(7-10(9)2)20(18,19)17-14-6-4-11(15)8-13(14)16/h3-8,17H,16H2,1-2H3. The molecule has 2 aromatic carbocycles. The van der Waals surface area contributed by atoms with Gasteiger partial charge in [-0.3, -0.25) is 4.72 Å². The van der Waals surface area contributed by atoms with E-state index in [0.29, 0.717) is 11.4 Å². The zero-order chi connectivity index (χ0) is 14.9. The van der Waals surface area contributed by atoms with Crippen molar-refractivity contribution < 1.29 is 8.42 Å². The van der Waals surface area contributed by atoms with E-state index in [-0.39, 0.29) is 4.90 Å². The Balaban J connectivity index is 2.38. The van der Waals surface area contributed by atoms with Crippen LogP contribution in [-0.2, 0) is 10.0 Å². The molecule has 0 unspecified atom stereocenters. The Bertz CT molecular complexity index is 758. The maximum absolute atomic E-state index is 12.3. The largest absolute Gasteiger partial charge is 0.397 e. The Morgan fingerprint density at radius 3 is 2.35 bits per heavy atom. The van der Waals surface area contributed by atoms with Crippen molar-refractivity contribution in [1.29, 1.82) is 0 Å². The van der Waals surface area contributed by atoms with Gasteiger partial charge in [0.15, 0.2) is 0 Å². The second kappa shape index (κ2) is 5.46. The molecule has 2 rings (SSSR count). The number of rotatable bonds is 3. The molecule has 106 valence electrons. The van der Waals surface area contributed by atoms with E-state index in [2.05, 4.69) is 20.7 Å². The first kappa shape index (κ1) is 14.9. The molecular formula is C14H15BrN2O2S. The van der Waals surface area contributed by atoms with Crippen molar-refractivity contribution in [2.24, 2.45) is 0 Å². The summed E-state index contributed by atoms with van der Waals surface area (Å²) in [4.78, 5) is 0.225. The van der Waals surface area contributed by atoms with Gasteiger partial charge < -0.3 is 5.73 Å². The van der Waals surface area contributed by atoms with Crippen LogP contribution in [0.25, 0.3) is 0 Å². The van der Waals surface area contributed by atoms with E-state index in [1.54, 1.807) is 36.4 Å². The predicted octanol–water partition coefficient (Wildman–Crippen LogP) is 3.45. The highest BCUT2D eigenvalue weighted by Gasteiger charge is 2.16. The van der Waals surface area contributed by atoms with Crippen molar-refractivity contribution in [2.45, 2.75) is 18.7 Å². The van der Waals surface area contributed by atoms with Gasteiger partial charge in [0.1, 0.15) is 0 Å². The lowest BCUT2D eigenvalue weighted by molar-refractivity contribution is 0.601. The molecule has 4 nitrogen and oxygen atoms in total. The fourth-order valence-electron chi connectivity index (χ4n) is 1.71. The molecule has 0 saturated carbocycles. The van der Waals surface area contributed by atoms with Gasteiger partial charge in [0, 0.05) is 4.47 Å². The van der Waals surface area contributed by atoms with Crippen LogP contribution in [0.1, 0.15) is 11.1 Å². The van der Waals surface area contributed by atoms with Crippen molar-refractivity contribution in [3.8, 4) is 0 Å². The van der Waals surface area contributed by atoms with E-state index in [1.165, 1.54) is 0 Å². The molecule has 3 N–H and O–H groups in total. The quantitative estimate of drug-likeness (QED) is 0.829. The van der Waals surface area contributed by atoms with Gasteiger partial charge in [-0.15, -0.1) is 0 Å². The summed E-state index contributed by atoms with van der Waals surface area (Å²) in [6.07, 6.45) is 0. The monoisotopic (exact) mass is 354 g/mol. The van der Waals surface area contributed by atoms with Crippen LogP contribution in [0.2, 0.25) is 0 Å². The molecular weight excluding hydrogens is 340 g/mol. The second-order valence-electron chi connectivity index (χ2n) is 4.58. The highest BCUT2D eigenvalue weighted by atomic mass is 79.9. The van der Waals surface area contributed by atoms with Gasteiger partial charge in [-0.05, 0) is 55.3 Å². The average molecular weight is 355 g/mol. The SMILES string of the molecule is Cc1ccc(S(=O)(=O)Nc2ccc(Br)cc2N)cc1C. The number of hydrogen-bond acceptors (Lipinski definition) is 3.